The molecule has 0 aliphatic rings. The van der Waals surface area contributed by atoms with E-state index < -0.39 is 11.8 Å². The normalized spacial score (nSPS) is 11.7. The zero-order chi connectivity index (χ0) is 17.7. The molecule has 2 aromatic carbocycles. The highest BCUT2D eigenvalue weighted by molar-refractivity contribution is 6.40. The Labute approximate surface area is 151 Å². The van der Waals surface area contributed by atoms with Crippen LogP contribution in [0.15, 0.2) is 42.5 Å². The lowest BCUT2D eigenvalue weighted by Gasteiger charge is -2.14. The lowest BCUT2D eigenvalue weighted by atomic mass is 10.1. The maximum Gasteiger partial charge on any atom is 0.313 e. The number of aryl methyl sites for hydroxylation is 1. The van der Waals surface area contributed by atoms with Crippen molar-refractivity contribution in [3.05, 3.63) is 63.6 Å². The molecule has 0 bridgehead atoms. The summed E-state index contributed by atoms with van der Waals surface area (Å²) in [6, 6.07) is 12.2. The van der Waals surface area contributed by atoms with Crippen LogP contribution in [0.2, 0.25) is 10.0 Å². The van der Waals surface area contributed by atoms with E-state index in [2.05, 4.69) is 17.6 Å². The molecular weight excluding hydrogens is 347 g/mol. The monoisotopic (exact) mass is 364 g/mol. The summed E-state index contributed by atoms with van der Waals surface area (Å²) in [4.78, 5) is 24.0. The largest absolute Gasteiger partial charge is 0.341 e. The summed E-state index contributed by atoms with van der Waals surface area (Å²) in [5, 5.41) is 5.90. The van der Waals surface area contributed by atoms with E-state index in [4.69, 9.17) is 23.2 Å². The molecule has 2 rings (SSSR count). The Morgan fingerprint density at radius 2 is 1.58 bits per heavy atom. The van der Waals surface area contributed by atoms with E-state index in [0.717, 1.165) is 12.0 Å². The Kier molecular flexibility index (Phi) is 6.23. The van der Waals surface area contributed by atoms with Crippen molar-refractivity contribution in [3.63, 3.8) is 0 Å². The van der Waals surface area contributed by atoms with Crippen molar-refractivity contribution in [3.8, 4) is 0 Å². The quantitative estimate of drug-likeness (QED) is 0.791. The molecule has 6 heteroatoms. The molecule has 0 fully saturated rings. The first-order valence-electron chi connectivity index (χ1n) is 7.55. The second kappa shape index (κ2) is 8.18. The second-order valence-corrected chi connectivity index (χ2v) is 6.28. The first kappa shape index (κ1) is 18.3. The van der Waals surface area contributed by atoms with Crippen molar-refractivity contribution in [1.29, 1.82) is 0 Å². The van der Waals surface area contributed by atoms with Crippen molar-refractivity contribution < 1.29 is 9.59 Å². The van der Waals surface area contributed by atoms with Crippen LogP contribution < -0.4 is 10.6 Å². The van der Waals surface area contributed by atoms with Crippen molar-refractivity contribution in [2.75, 3.05) is 5.32 Å². The van der Waals surface area contributed by atoms with E-state index in [1.165, 1.54) is 17.7 Å². The van der Waals surface area contributed by atoms with Gasteiger partial charge in [-0.2, -0.15) is 0 Å². The Hall–Kier alpha value is -2.04. The van der Waals surface area contributed by atoms with Crippen LogP contribution >= 0.6 is 23.2 Å². The third kappa shape index (κ3) is 4.98. The van der Waals surface area contributed by atoms with Gasteiger partial charge in [-0.15, -0.1) is 0 Å². The van der Waals surface area contributed by atoms with Crippen LogP contribution in [-0.4, -0.2) is 11.8 Å². The molecule has 4 nitrogen and oxygen atoms in total. The van der Waals surface area contributed by atoms with Gasteiger partial charge in [0.1, 0.15) is 0 Å². The van der Waals surface area contributed by atoms with Crippen molar-refractivity contribution in [2.45, 2.75) is 26.3 Å². The molecule has 1 unspecified atom stereocenters. The Morgan fingerprint density at radius 1 is 1.00 bits per heavy atom. The minimum Gasteiger partial charge on any atom is -0.341 e. The van der Waals surface area contributed by atoms with Crippen molar-refractivity contribution in [1.82, 2.24) is 5.32 Å². The fourth-order valence-corrected chi connectivity index (χ4v) is 2.73. The smallest absolute Gasteiger partial charge is 0.313 e. The van der Waals surface area contributed by atoms with Gasteiger partial charge in [0.25, 0.3) is 0 Å². The Morgan fingerprint density at radius 3 is 2.12 bits per heavy atom. The standard InChI is InChI=1S/C18H18Cl2N2O2/c1-3-12-4-6-13(7-5-12)11(2)21-17(23)18(24)22-16-9-14(19)8-15(20)10-16/h4-11H,3H2,1-2H3,(H,21,23)(H,22,24). The maximum absolute atomic E-state index is 12.0. The molecule has 24 heavy (non-hydrogen) atoms. The lowest BCUT2D eigenvalue weighted by molar-refractivity contribution is -0.136. The van der Waals surface area contributed by atoms with E-state index >= 15 is 0 Å². The summed E-state index contributed by atoms with van der Waals surface area (Å²) < 4.78 is 0. The molecule has 2 N–H and O–H groups in total. The van der Waals surface area contributed by atoms with Gasteiger partial charge in [-0.1, -0.05) is 54.4 Å². The first-order chi connectivity index (χ1) is 11.4. The van der Waals surface area contributed by atoms with Crippen LogP contribution in [0.3, 0.4) is 0 Å². The van der Waals surface area contributed by atoms with Crippen LogP contribution in [0.5, 0.6) is 0 Å². The first-order valence-corrected chi connectivity index (χ1v) is 8.31. The minimum absolute atomic E-state index is 0.280. The molecule has 0 radical (unpaired) electrons. The van der Waals surface area contributed by atoms with E-state index in [9.17, 15) is 9.59 Å². The Bertz CT molecular complexity index is 725. The number of hydrogen-bond acceptors (Lipinski definition) is 2. The van der Waals surface area contributed by atoms with Crippen LogP contribution in [0, 0.1) is 0 Å². The summed E-state index contributed by atoms with van der Waals surface area (Å²) in [5.74, 6) is -1.50. The average molecular weight is 365 g/mol. The van der Waals surface area contributed by atoms with E-state index in [1.54, 1.807) is 6.07 Å². The molecular formula is C18H18Cl2N2O2. The van der Waals surface area contributed by atoms with Gasteiger partial charge in [0.05, 0.1) is 6.04 Å². The maximum atomic E-state index is 12.0. The molecule has 0 aromatic heterocycles. The second-order valence-electron chi connectivity index (χ2n) is 5.40. The predicted octanol–water partition coefficient (Wildman–Crippen LogP) is 4.37. The average Bonchev–Trinajstić information content (AvgIpc) is 2.53. The number of benzene rings is 2. The topological polar surface area (TPSA) is 58.2 Å². The number of rotatable bonds is 4. The lowest BCUT2D eigenvalue weighted by Crippen LogP contribution is -2.36. The zero-order valence-electron chi connectivity index (χ0n) is 13.4. The van der Waals surface area contributed by atoms with Crippen LogP contribution in [0.1, 0.15) is 31.0 Å². The van der Waals surface area contributed by atoms with Crippen LogP contribution in [0.4, 0.5) is 5.69 Å². The fraction of sp³-hybridized carbons (Fsp3) is 0.222. The highest BCUT2D eigenvalue weighted by atomic mass is 35.5. The van der Waals surface area contributed by atoms with Gasteiger partial charge in [-0.25, -0.2) is 0 Å². The molecule has 0 saturated heterocycles. The number of halogens is 2. The number of carbonyl (C=O) groups is 2. The van der Waals surface area contributed by atoms with Gasteiger partial charge in [0.15, 0.2) is 0 Å². The van der Waals surface area contributed by atoms with Crippen LogP contribution in [0.25, 0.3) is 0 Å². The molecule has 0 heterocycles. The van der Waals surface area contributed by atoms with E-state index in [-0.39, 0.29) is 6.04 Å². The summed E-state index contributed by atoms with van der Waals surface area (Å²) in [6.07, 6.45) is 0.950. The fourth-order valence-electron chi connectivity index (χ4n) is 2.20. The summed E-state index contributed by atoms with van der Waals surface area (Å²) in [6.45, 7) is 3.90. The van der Waals surface area contributed by atoms with E-state index in [0.29, 0.717) is 15.7 Å². The number of nitrogens with one attached hydrogen (secondary N) is 2. The number of hydrogen-bond donors (Lipinski definition) is 2. The SMILES string of the molecule is CCc1ccc(C(C)NC(=O)C(=O)Nc2cc(Cl)cc(Cl)c2)cc1. The predicted molar refractivity (Wildman–Crippen MR) is 97.5 cm³/mol. The number of anilines is 1. The van der Waals surface area contributed by atoms with Gasteiger partial charge >= 0.3 is 11.8 Å². The third-order valence-corrected chi connectivity index (χ3v) is 4.00. The van der Waals surface area contributed by atoms with E-state index in [1.807, 2.05) is 31.2 Å². The molecule has 0 saturated carbocycles. The molecule has 2 aromatic rings. The highest BCUT2D eigenvalue weighted by Gasteiger charge is 2.17. The van der Waals surface area contributed by atoms with Gasteiger partial charge in [0, 0.05) is 15.7 Å². The summed E-state index contributed by atoms with van der Waals surface area (Å²) in [5.41, 5.74) is 2.51. The molecule has 2 amide bonds. The minimum atomic E-state index is -0.773. The van der Waals surface area contributed by atoms with Gasteiger partial charge in [-0.3, -0.25) is 9.59 Å². The highest BCUT2D eigenvalue weighted by Crippen LogP contribution is 2.22. The summed E-state index contributed by atoms with van der Waals surface area (Å²) >= 11 is 11.7. The van der Waals surface area contributed by atoms with Crippen molar-refractivity contribution in [2.24, 2.45) is 0 Å². The summed E-state index contributed by atoms with van der Waals surface area (Å²) in [7, 11) is 0. The van der Waals surface area contributed by atoms with Gasteiger partial charge in [-0.05, 0) is 42.7 Å². The van der Waals surface area contributed by atoms with Gasteiger partial charge in [0.2, 0.25) is 0 Å². The van der Waals surface area contributed by atoms with Gasteiger partial charge < -0.3 is 10.6 Å². The third-order valence-electron chi connectivity index (χ3n) is 3.56. The molecule has 126 valence electrons. The number of carbonyl (C=O) groups excluding carboxylic acids is 2. The number of amides is 2. The van der Waals surface area contributed by atoms with Crippen LogP contribution in [-0.2, 0) is 16.0 Å². The molecule has 0 aliphatic carbocycles. The molecule has 0 aliphatic heterocycles. The van der Waals surface area contributed by atoms with Crippen molar-refractivity contribution >= 4 is 40.7 Å². The molecule has 1 atom stereocenters. The molecule has 0 spiro atoms. The Balaban J connectivity index is 1.98. The zero-order valence-corrected chi connectivity index (χ0v) is 14.9.